The van der Waals surface area contributed by atoms with Gasteiger partial charge in [-0.05, 0) is 94.9 Å². The second-order valence-electron chi connectivity index (χ2n) is 10.0. The van der Waals surface area contributed by atoms with Crippen molar-refractivity contribution < 1.29 is 0 Å². The minimum Gasteiger partial charge on any atom is -0.309 e. The molecule has 0 fully saturated rings. The first kappa shape index (κ1) is 32.3. The van der Waals surface area contributed by atoms with Crippen LogP contribution in [0.5, 0.6) is 0 Å². The molecular formula is C42H40BrN. The summed E-state index contributed by atoms with van der Waals surface area (Å²) in [5.41, 5.74) is 10.9. The summed E-state index contributed by atoms with van der Waals surface area (Å²) in [6, 6.07) is 52.2. The van der Waals surface area contributed by atoms with Gasteiger partial charge in [0.2, 0.25) is 0 Å². The molecule has 6 aromatic carbocycles. The molecule has 0 saturated carbocycles. The molecule has 0 N–H and O–H groups in total. The van der Waals surface area contributed by atoms with Crippen LogP contribution in [0.4, 0.5) is 0 Å². The second-order valence-corrected chi connectivity index (χ2v) is 10.9. The van der Waals surface area contributed by atoms with E-state index in [1.165, 1.54) is 60.9 Å². The van der Waals surface area contributed by atoms with Crippen molar-refractivity contribution in [2.75, 3.05) is 0 Å². The molecule has 0 spiro atoms. The molecule has 7 aromatic rings. The van der Waals surface area contributed by atoms with Gasteiger partial charge in [0, 0.05) is 20.9 Å². The molecule has 0 aliphatic carbocycles. The lowest BCUT2D eigenvalue weighted by Crippen LogP contribution is -1.92. The SMILES string of the molecule is Brc1cc(-c2ccccc2)cc(-c2cccc(-c3ccc4c(c3)c3ccccc3n4-c3ccccc3)c2)c1.C.C=CC.CC. The number of allylic oxidation sites excluding steroid dienone is 1. The first-order valence-electron chi connectivity index (χ1n) is 14.8. The summed E-state index contributed by atoms with van der Waals surface area (Å²) in [6.07, 6.45) is 1.75. The quantitative estimate of drug-likeness (QED) is 0.169. The Morgan fingerprint density at radius 2 is 0.977 bits per heavy atom. The standard InChI is InChI=1S/C36H24BrN.C3H6.C2H6.CH4/c37-31-22-29(25-10-3-1-4-11-25)21-30(23-31)27-13-9-12-26(20-27)28-18-19-36-34(24-28)33-16-7-8-17-35(33)38(36)32-14-5-2-6-15-32;1-3-2;1-2;/h1-24H;3H,1H2,2H3;1-2H3;1H4. The van der Waals surface area contributed by atoms with Crippen molar-refractivity contribution in [1.82, 2.24) is 4.57 Å². The molecule has 0 unspecified atom stereocenters. The average Bonchev–Trinajstić information content (AvgIpc) is 3.40. The zero-order valence-corrected chi connectivity index (χ0v) is 26.6. The van der Waals surface area contributed by atoms with Crippen LogP contribution in [-0.2, 0) is 0 Å². The van der Waals surface area contributed by atoms with Gasteiger partial charge in [-0.3, -0.25) is 0 Å². The summed E-state index contributed by atoms with van der Waals surface area (Å²) in [5.74, 6) is 0. The highest BCUT2D eigenvalue weighted by atomic mass is 79.9. The molecule has 220 valence electrons. The first-order valence-corrected chi connectivity index (χ1v) is 15.6. The molecular weight excluding hydrogens is 598 g/mol. The lowest BCUT2D eigenvalue weighted by atomic mass is 9.96. The third-order valence-corrected chi connectivity index (χ3v) is 7.68. The maximum absolute atomic E-state index is 3.74. The monoisotopic (exact) mass is 637 g/mol. The minimum atomic E-state index is 0. The van der Waals surface area contributed by atoms with E-state index in [1.807, 2.05) is 20.8 Å². The van der Waals surface area contributed by atoms with E-state index in [2.05, 4.69) is 173 Å². The van der Waals surface area contributed by atoms with E-state index in [0.717, 1.165) is 4.47 Å². The fourth-order valence-corrected chi connectivity index (χ4v) is 5.93. The molecule has 1 heterocycles. The van der Waals surface area contributed by atoms with Crippen molar-refractivity contribution in [3.05, 3.63) is 163 Å². The molecule has 0 aliphatic heterocycles. The Hall–Kier alpha value is -4.66. The number of hydrogen-bond donors (Lipinski definition) is 0. The van der Waals surface area contributed by atoms with Crippen molar-refractivity contribution in [3.8, 4) is 39.1 Å². The van der Waals surface area contributed by atoms with Gasteiger partial charge in [-0.1, -0.05) is 134 Å². The molecule has 1 aromatic heterocycles. The third-order valence-electron chi connectivity index (χ3n) is 7.22. The Kier molecular flexibility index (Phi) is 11.1. The Morgan fingerprint density at radius 1 is 0.500 bits per heavy atom. The van der Waals surface area contributed by atoms with Crippen LogP contribution in [0.1, 0.15) is 28.2 Å². The van der Waals surface area contributed by atoms with Crippen molar-refractivity contribution in [1.29, 1.82) is 0 Å². The van der Waals surface area contributed by atoms with Crippen LogP contribution in [0, 0.1) is 0 Å². The normalized spacial score (nSPS) is 10.2. The van der Waals surface area contributed by atoms with E-state index < -0.39 is 0 Å². The molecule has 0 radical (unpaired) electrons. The van der Waals surface area contributed by atoms with Crippen molar-refractivity contribution in [2.45, 2.75) is 28.2 Å². The fourth-order valence-electron chi connectivity index (χ4n) is 5.44. The predicted octanol–water partition coefficient (Wildman–Crippen LogP) is 13.4. The molecule has 0 aliphatic rings. The molecule has 0 bridgehead atoms. The van der Waals surface area contributed by atoms with Gasteiger partial charge in [0.05, 0.1) is 11.0 Å². The summed E-state index contributed by atoms with van der Waals surface area (Å²) < 4.78 is 3.44. The number of rotatable bonds is 4. The summed E-state index contributed by atoms with van der Waals surface area (Å²) in [7, 11) is 0. The zero-order valence-electron chi connectivity index (χ0n) is 25.0. The van der Waals surface area contributed by atoms with E-state index in [4.69, 9.17) is 0 Å². The van der Waals surface area contributed by atoms with Crippen LogP contribution in [-0.4, -0.2) is 4.57 Å². The second kappa shape index (κ2) is 15.2. The number of halogens is 1. The lowest BCUT2D eigenvalue weighted by Gasteiger charge is -2.10. The zero-order chi connectivity index (χ0) is 30.2. The van der Waals surface area contributed by atoms with Crippen LogP contribution < -0.4 is 0 Å². The van der Waals surface area contributed by atoms with Gasteiger partial charge in [0.1, 0.15) is 0 Å². The van der Waals surface area contributed by atoms with E-state index in [-0.39, 0.29) is 7.43 Å². The number of aromatic nitrogens is 1. The van der Waals surface area contributed by atoms with Gasteiger partial charge in [0.15, 0.2) is 0 Å². The number of benzene rings is 6. The van der Waals surface area contributed by atoms with E-state index in [9.17, 15) is 0 Å². The Bertz CT molecular complexity index is 1970. The molecule has 7 rings (SSSR count). The average molecular weight is 639 g/mol. The molecule has 2 heteroatoms. The maximum Gasteiger partial charge on any atom is 0.0541 e. The van der Waals surface area contributed by atoms with Gasteiger partial charge in [-0.25, -0.2) is 0 Å². The number of fused-ring (bicyclic) bond motifs is 3. The number of nitrogens with zero attached hydrogens (tertiary/aromatic N) is 1. The summed E-state index contributed by atoms with van der Waals surface area (Å²) in [5, 5.41) is 2.53. The Morgan fingerprint density at radius 3 is 1.66 bits per heavy atom. The molecule has 0 amide bonds. The van der Waals surface area contributed by atoms with E-state index >= 15 is 0 Å². The van der Waals surface area contributed by atoms with Gasteiger partial charge in [-0.2, -0.15) is 0 Å². The van der Waals surface area contributed by atoms with Crippen LogP contribution in [0.15, 0.2) is 163 Å². The summed E-state index contributed by atoms with van der Waals surface area (Å²) >= 11 is 3.74. The highest BCUT2D eigenvalue weighted by molar-refractivity contribution is 9.10. The molecule has 44 heavy (non-hydrogen) atoms. The highest BCUT2D eigenvalue weighted by Gasteiger charge is 2.13. The highest BCUT2D eigenvalue weighted by Crippen LogP contribution is 2.36. The first-order chi connectivity index (χ1) is 21.2. The number of hydrogen-bond acceptors (Lipinski definition) is 0. The number of para-hydroxylation sites is 2. The van der Waals surface area contributed by atoms with E-state index in [0.29, 0.717) is 0 Å². The predicted molar refractivity (Wildman–Crippen MR) is 199 cm³/mol. The fraction of sp³-hybridized carbons (Fsp3) is 0.0952. The third kappa shape index (κ3) is 6.77. The molecule has 1 nitrogen and oxygen atoms in total. The van der Waals surface area contributed by atoms with Gasteiger partial charge >= 0.3 is 0 Å². The van der Waals surface area contributed by atoms with Crippen molar-refractivity contribution >= 4 is 37.7 Å². The Labute approximate surface area is 271 Å². The van der Waals surface area contributed by atoms with Crippen LogP contribution in [0.2, 0.25) is 0 Å². The Balaban J connectivity index is 0.000000696. The van der Waals surface area contributed by atoms with Gasteiger partial charge < -0.3 is 4.57 Å². The van der Waals surface area contributed by atoms with Crippen LogP contribution in [0.25, 0.3) is 60.9 Å². The minimum absolute atomic E-state index is 0. The van der Waals surface area contributed by atoms with Crippen LogP contribution in [0.3, 0.4) is 0 Å². The van der Waals surface area contributed by atoms with Gasteiger partial charge in [0.25, 0.3) is 0 Å². The summed E-state index contributed by atoms with van der Waals surface area (Å²) in [4.78, 5) is 0. The van der Waals surface area contributed by atoms with Crippen molar-refractivity contribution in [3.63, 3.8) is 0 Å². The largest absolute Gasteiger partial charge is 0.309 e. The van der Waals surface area contributed by atoms with Gasteiger partial charge in [-0.15, -0.1) is 6.58 Å². The van der Waals surface area contributed by atoms with Crippen molar-refractivity contribution in [2.24, 2.45) is 0 Å². The molecule has 0 saturated heterocycles. The molecule has 0 atom stereocenters. The van der Waals surface area contributed by atoms with E-state index in [1.54, 1.807) is 6.08 Å². The maximum atomic E-state index is 3.74. The lowest BCUT2D eigenvalue weighted by molar-refractivity contribution is 1.18. The van der Waals surface area contributed by atoms with Crippen LogP contribution >= 0.6 is 15.9 Å². The topological polar surface area (TPSA) is 4.93 Å². The smallest absolute Gasteiger partial charge is 0.0541 e. The summed E-state index contributed by atoms with van der Waals surface area (Å²) in [6.45, 7) is 9.25.